The fourth-order valence-corrected chi connectivity index (χ4v) is 3.30. The van der Waals surface area contributed by atoms with E-state index in [2.05, 4.69) is 0 Å². The minimum Gasteiger partial charge on any atom is -0.488 e. The van der Waals surface area contributed by atoms with Gasteiger partial charge in [-0.15, -0.1) is 11.3 Å². The Labute approximate surface area is 120 Å². The smallest absolute Gasteiger partial charge is 0.169 e. The van der Waals surface area contributed by atoms with Gasteiger partial charge in [-0.05, 0) is 31.2 Å². The van der Waals surface area contributed by atoms with Crippen LogP contribution >= 0.6 is 11.3 Å². The second-order valence-electron chi connectivity index (χ2n) is 4.84. The molecule has 104 valence electrons. The van der Waals surface area contributed by atoms with Gasteiger partial charge in [-0.25, -0.2) is 4.39 Å². The summed E-state index contributed by atoms with van der Waals surface area (Å²) < 4.78 is 19.6. The molecule has 0 spiro atoms. The first-order chi connectivity index (χ1) is 9.58. The first-order valence-electron chi connectivity index (χ1n) is 6.38. The molecule has 3 nitrogen and oxygen atoms in total. The molecule has 0 radical (unpaired) electrons. The van der Waals surface area contributed by atoms with E-state index in [1.807, 2.05) is 6.07 Å². The number of ether oxygens (including phenoxy) is 1. The molecule has 0 fully saturated rings. The Bertz CT molecular complexity index is 681. The number of Topliss-reactive ketones (excluding diaryl/α,β-unsaturated/α-hetero) is 1. The van der Waals surface area contributed by atoms with E-state index in [0.717, 1.165) is 10.4 Å². The average molecular weight is 291 g/mol. The topological polar surface area (TPSA) is 52.3 Å². The summed E-state index contributed by atoms with van der Waals surface area (Å²) in [5, 5.41) is 0. The SMILES string of the molecule is CC(=O)c1ccc(-c2cc(F)cc3c2OC(CN)C3)s1. The maximum Gasteiger partial charge on any atom is 0.169 e. The standard InChI is InChI=1S/C15H14FNO2S/c1-8(18)13-2-3-14(20-13)12-6-10(16)4-9-5-11(7-17)19-15(9)12/h2-4,6,11H,5,7,17H2,1H3. The van der Waals surface area contributed by atoms with E-state index in [1.165, 1.54) is 30.4 Å². The molecule has 1 aliphatic rings. The number of ketones is 1. The van der Waals surface area contributed by atoms with Crippen LogP contribution in [0.4, 0.5) is 4.39 Å². The molecule has 0 amide bonds. The molecule has 5 heteroatoms. The Morgan fingerprint density at radius 2 is 2.30 bits per heavy atom. The van der Waals surface area contributed by atoms with Gasteiger partial charge in [0, 0.05) is 29.0 Å². The maximum atomic E-state index is 13.8. The largest absolute Gasteiger partial charge is 0.488 e. The Morgan fingerprint density at radius 1 is 1.50 bits per heavy atom. The normalized spacial score (nSPS) is 16.9. The predicted molar refractivity (Wildman–Crippen MR) is 76.9 cm³/mol. The van der Waals surface area contributed by atoms with Crippen LogP contribution in [0.25, 0.3) is 10.4 Å². The lowest BCUT2D eigenvalue weighted by molar-refractivity contribution is 0.102. The molecule has 2 heterocycles. The number of nitrogens with two attached hydrogens (primary N) is 1. The van der Waals surface area contributed by atoms with E-state index in [1.54, 1.807) is 6.07 Å². The Balaban J connectivity index is 2.08. The average Bonchev–Trinajstić information content (AvgIpc) is 3.03. The summed E-state index contributed by atoms with van der Waals surface area (Å²) in [5.74, 6) is 0.409. The fraction of sp³-hybridized carbons (Fsp3) is 0.267. The highest BCUT2D eigenvalue weighted by Gasteiger charge is 2.26. The first-order valence-corrected chi connectivity index (χ1v) is 7.20. The van der Waals surface area contributed by atoms with Crippen LogP contribution in [0.15, 0.2) is 24.3 Å². The maximum absolute atomic E-state index is 13.8. The van der Waals surface area contributed by atoms with Crippen LogP contribution in [0, 0.1) is 5.82 Å². The zero-order chi connectivity index (χ0) is 14.3. The molecule has 1 unspecified atom stereocenters. The minimum atomic E-state index is -0.294. The van der Waals surface area contributed by atoms with Crippen molar-refractivity contribution < 1.29 is 13.9 Å². The van der Waals surface area contributed by atoms with Gasteiger partial charge in [0.1, 0.15) is 17.7 Å². The van der Waals surface area contributed by atoms with Crippen LogP contribution in [0.2, 0.25) is 0 Å². The summed E-state index contributed by atoms with van der Waals surface area (Å²) >= 11 is 1.35. The third-order valence-corrected chi connectivity index (χ3v) is 4.56. The van der Waals surface area contributed by atoms with Crippen molar-refractivity contribution in [3.63, 3.8) is 0 Å². The second-order valence-corrected chi connectivity index (χ2v) is 5.93. The van der Waals surface area contributed by atoms with Gasteiger partial charge >= 0.3 is 0 Å². The summed E-state index contributed by atoms with van der Waals surface area (Å²) in [6, 6.07) is 6.53. The number of carbonyl (C=O) groups excluding carboxylic acids is 1. The lowest BCUT2D eigenvalue weighted by Crippen LogP contribution is -2.24. The number of fused-ring (bicyclic) bond motifs is 1. The van der Waals surface area contributed by atoms with Gasteiger partial charge < -0.3 is 10.5 Å². The van der Waals surface area contributed by atoms with E-state index in [9.17, 15) is 9.18 Å². The lowest BCUT2D eigenvalue weighted by atomic mass is 10.0. The Morgan fingerprint density at radius 3 is 2.95 bits per heavy atom. The van der Waals surface area contributed by atoms with Gasteiger partial charge in [0.2, 0.25) is 0 Å². The summed E-state index contributed by atoms with van der Waals surface area (Å²) in [7, 11) is 0. The molecule has 2 aromatic rings. The predicted octanol–water partition coefficient (Wildman–Crippen LogP) is 3.02. The third kappa shape index (κ3) is 2.23. The summed E-state index contributed by atoms with van der Waals surface area (Å²) in [6.45, 7) is 1.92. The van der Waals surface area contributed by atoms with Gasteiger partial charge in [0.05, 0.1) is 4.88 Å². The number of rotatable bonds is 3. The molecule has 20 heavy (non-hydrogen) atoms. The third-order valence-electron chi connectivity index (χ3n) is 3.34. The summed E-state index contributed by atoms with van der Waals surface area (Å²) in [5.41, 5.74) is 7.17. The van der Waals surface area contributed by atoms with Crippen molar-refractivity contribution in [2.75, 3.05) is 6.54 Å². The van der Waals surface area contributed by atoms with Crippen molar-refractivity contribution in [2.45, 2.75) is 19.4 Å². The molecule has 0 saturated carbocycles. The summed E-state index contributed by atoms with van der Waals surface area (Å²) in [6.07, 6.45) is 0.527. The van der Waals surface area contributed by atoms with Crippen molar-refractivity contribution in [1.82, 2.24) is 0 Å². The molecular weight excluding hydrogens is 277 g/mol. The molecule has 0 aliphatic carbocycles. The van der Waals surface area contributed by atoms with Crippen LogP contribution < -0.4 is 10.5 Å². The highest BCUT2D eigenvalue weighted by Crippen LogP contribution is 2.42. The van der Waals surface area contributed by atoms with Crippen molar-refractivity contribution >= 4 is 17.1 Å². The molecule has 2 N–H and O–H groups in total. The molecule has 3 rings (SSSR count). The van der Waals surface area contributed by atoms with Crippen LogP contribution in [-0.4, -0.2) is 18.4 Å². The number of halogens is 1. The molecule has 0 saturated heterocycles. The number of hydrogen-bond donors (Lipinski definition) is 1. The molecule has 1 aromatic carbocycles. The second kappa shape index (κ2) is 5.00. The number of thiophene rings is 1. The van der Waals surface area contributed by atoms with E-state index in [0.29, 0.717) is 29.2 Å². The van der Waals surface area contributed by atoms with Gasteiger partial charge in [-0.2, -0.15) is 0 Å². The van der Waals surface area contributed by atoms with E-state index in [4.69, 9.17) is 10.5 Å². The van der Waals surface area contributed by atoms with Crippen LogP contribution in [-0.2, 0) is 6.42 Å². The minimum absolute atomic E-state index is 0.00931. The monoisotopic (exact) mass is 291 g/mol. The zero-order valence-electron chi connectivity index (χ0n) is 11.0. The fourth-order valence-electron chi connectivity index (χ4n) is 2.38. The van der Waals surface area contributed by atoms with E-state index < -0.39 is 0 Å². The van der Waals surface area contributed by atoms with E-state index >= 15 is 0 Å². The molecular formula is C15H14FNO2S. The van der Waals surface area contributed by atoms with Gasteiger partial charge in [0.25, 0.3) is 0 Å². The molecule has 1 aromatic heterocycles. The van der Waals surface area contributed by atoms with Gasteiger partial charge in [-0.3, -0.25) is 4.79 Å². The highest BCUT2D eigenvalue weighted by molar-refractivity contribution is 7.17. The first kappa shape index (κ1) is 13.3. The Hall–Kier alpha value is -1.72. The van der Waals surface area contributed by atoms with Crippen molar-refractivity contribution in [3.8, 4) is 16.2 Å². The molecule has 0 bridgehead atoms. The quantitative estimate of drug-likeness (QED) is 0.884. The zero-order valence-corrected chi connectivity index (χ0v) is 11.8. The summed E-state index contributed by atoms with van der Waals surface area (Å²) in [4.78, 5) is 12.9. The van der Waals surface area contributed by atoms with Crippen molar-refractivity contribution in [3.05, 3.63) is 40.5 Å². The lowest BCUT2D eigenvalue weighted by Gasteiger charge is -2.09. The number of benzene rings is 1. The van der Waals surface area contributed by atoms with Crippen LogP contribution in [0.1, 0.15) is 22.2 Å². The van der Waals surface area contributed by atoms with E-state index in [-0.39, 0.29) is 17.7 Å². The number of hydrogen-bond acceptors (Lipinski definition) is 4. The highest BCUT2D eigenvalue weighted by atomic mass is 32.1. The van der Waals surface area contributed by atoms with Crippen molar-refractivity contribution in [1.29, 1.82) is 0 Å². The van der Waals surface area contributed by atoms with Crippen LogP contribution in [0.5, 0.6) is 5.75 Å². The van der Waals surface area contributed by atoms with Crippen molar-refractivity contribution in [2.24, 2.45) is 5.73 Å². The molecule has 1 aliphatic heterocycles. The molecule has 1 atom stereocenters. The number of carbonyl (C=O) groups is 1. The van der Waals surface area contributed by atoms with Gasteiger partial charge in [0.15, 0.2) is 5.78 Å². The van der Waals surface area contributed by atoms with Gasteiger partial charge in [-0.1, -0.05) is 0 Å². The Kier molecular flexibility index (Phi) is 3.31. The van der Waals surface area contributed by atoms with Crippen LogP contribution in [0.3, 0.4) is 0 Å².